The number of carbonyl (C=O) groups is 2. The minimum atomic E-state index is -0.0439. The highest BCUT2D eigenvalue weighted by atomic mass is 35.5. The maximum Gasteiger partial charge on any atom is 0.228 e. The third-order valence-corrected chi connectivity index (χ3v) is 3.99. The molecule has 1 aliphatic heterocycles. The van der Waals surface area contributed by atoms with E-state index in [1.165, 1.54) is 0 Å². The molecular weight excluding hydrogens is 314 g/mol. The number of unbranched alkanes of at least 4 members (excludes halogenated alkanes) is 3. The van der Waals surface area contributed by atoms with Crippen molar-refractivity contribution in [2.24, 2.45) is 5.73 Å². The van der Waals surface area contributed by atoms with Gasteiger partial charge in [0.05, 0.1) is 12.5 Å². The zero-order chi connectivity index (χ0) is 15.9. The Morgan fingerprint density at radius 2 is 2.04 bits per heavy atom. The van der Waals surface area contributed by atoms with Crippen molar-refractivity contribution >= 4 is 29.9 Å². The molecule has 1 atom stereocenters. The van der Waals surface area contributed by atoms with Crippen LogP contribution in [0.1, 0.15) is 56.2 Å². The van der Waals surface area contributed by atoms with Crippen LogP contribution in [0.4, 0.5) is 5.69 Å². The topological polar surface area (TPSA) is 84.2 Å². The Bertz CT molecular complexity index is 549. The Morgan fingerprint density at radius 3 is 2.78 bits per heavy atom. The summed E-state index contributed by atoms with van der Waals surface area (Å²) in [5, 5.41) is 5.83. The van der Waals surface area contributed by atoms with Crippen molar-refractivity contribution < 1.29 is 9.59 Å². The molecule has 0 radical (unpaired) electrons. The van der Waals surface area contributed by atoms with Crippen LogP contribution in [0.25, 0.3) is 0 Å². The molecule has 23 heavy (non-hydrogen) atoms. The second-order valence-electron chi connectivity index (χ2n) is 5.88. The molecule has 0 saturated carbocycles. The number of fused-ring (bicyclic) bond motifs is 1. The summed E-state index contributed by atoms with van der Waals surface area (Å²) in [5.41, 5.74) is 8.36. The molecule has 4 N–H and O–H groups in total. The van der Waals surface area contributed by atoms with Crippen molar-refractivity contribution in [2.75, 3.05) is 11.9 Å². The van der Waals surface area contributed by atoms with Crippen LogP contribution in [0.3, 0.4) is 0 Å². The lowest BCUT2D eigenvalue weighted by Gasteiger charge is -2.15. The van der Waals surface area contributed by atoms with Crippen molar-refractivity contribution in [3.8, 4) is 0 Å². The van der Waals surface area contributed by atoms with E-state index in [2.05, 4.69) is 10.6 Å². The van der Waals surface area contributed by atoms with E-state index in [1.54, 1.807) is 0 Å². The van der Waals surface area contributed by atoms with Crippen LogP contribution in [-0.2, 0) is 16.0 Å². The first-order chi connectivity index (χ1) is 10.6. The number of amides is 2. The third kappa shape index (κ3) is 5.84. The maximum absolute atomic E-state index is 11.9. The number of carbonyl (C=O) groups excluding carboxylic acids is 2. The summed E-state index contributed by atoms with van der Waals surface area (Å²) < 4.78 is 0. The maximum atomic E-state index is 11.9. The summed E-state index contributed by atoms with van der Waals surface area (Å²) in [5.74, 6) is 0.108. The van der Waals surface area contributed by atoms with Crippen LogP contribution in [0, 0.1) is 0 Å². The van der Waals surface area contributed by atoms with Gasteiger partial charge in [0.15, 0.2) is 0 Å². The van der Waals surface area contributed by atoms with Gasteiger partial charge < -0.3 is 16.4 Å². The van der Waals surface area contributed by atoms with Gasteiger partial charge >= 0.3 is 0 Å². The molecule has 2 amide bonds. The molecular formula is C17H26ClN3O2. The highest BCUT2D eigenvalue weighted by Gasteiger charge is 2.19. The quantitative estimate of drug-likeness (QED) is 0.637. The van der Waals surface area contributed by atoms with Gasteiger partial charge in [-0.3, -0.25) is 9.59 Å². The van der Waals surface area contributed by atoms with Crippen molar-refractivity contribution in [2.45, 2.75) is 51.5 Å². The highest BCUT2D eigenvalue weighted by molar-refractivity contribution is 5.99. The predicted molar refractivity (Wildman–Crippen MR) is 94.7 cm³/mol. The minimum absolute atomic E-state index is 0. The zero-order valence-corrected chi connectivity index (χ0v) is 14.4. The highest BCUT2D eigenvalue weighted by Crippen LogP contribution is 2.26. The molecule has 1 aliphatic rings. The zero-order valence-electron chi connectivity index (χ0n) is 13.6. The SMILES string of the molecule is CC(NC(=O)CCCCCCN)c1ccc2c(c1)CC(=O)N2.Cl. The molecule has 6 heteroatoms. The van der Waals surface area contributed by atoms with Crippen LogP contribution in [0.5, 0.6) is 0 Å². The molecule has 2 rings (SSSR count). The first-order valence-corrected chi connectivity index (χ1v) is 8.02. The molecule has 128 valence electrons. The van der Waals surface area contributed by atoms with E-state index >= 15 is 0 Å². The number of halogens is 1. The molecule has 0 saturated heterocycles. The normalized spacial score (nSPS) is 13.7. The van der Waals surface area contributed by atoms with Crippen LogP contribution in [0.15, 0.2) is 18.2 Å². The van der Waals surface area contributed by atoms with Crippen molar-refractivity contribution in [1.82, 2.24) is 5.32 Å². The molecule has 1 aromatic carbocycles. The average Bonchev–Trinajstić information content (AvgIpc) is 2.86. The Kier molecular flexibility index (Phi) is 8.06. The van der Waals surface area contributed by atoms with Crippen molar-refractivity contribution in [3.05, 3.63) is 29.3 Å². The van der Waals surface area contributed by atoms with E-state index in [0.29, 0.717) is 12.8 Å². The molecule has 0 bridgehead atoms. The molecule has 0 aliphatic carbocycles. The van der Waals surface area contributed by atoms with E-state index in [0.717, 1.165) is 49.0 Å². The largest absolute Gasteiger partial charge is 0.350 e. The Morgan fingerprint density at radius 1 is 1.30 bits per heavy atom. The smallest absolute Gasteiger partial charge is 0.228 e. The fourth-order valence-corrected chi connectivity index (χ4v) is 2.70. The number of hydrogen-bond acceptors (Lipinski definition) is 3. The van der Waals surface area contributed by atoms with Gasteiger partial charge in [-0.05, 0) is 43.5 Å². The van der Waals surface area contributed by atoms with E-state index in [9.17, 15) is 9.59 Å². The van der Waals surface area contributed by atoms with Gasteiger partial charge in [0, 0.05) is 12.1 Å². The molecule has 0 fully saturated rings. The van der Waals surface area contributed by atoms with E-state index in [-0.39, 0.29) is 30.3 Å². The van der Waals surface area contributed by atoms with Crippen molar-refractivity contribution in [1.29, 1.82) is 0 Å². The molecule has 1 heterocycles. The number of nitrogens with two attached hydrogens (primary N) is 1. The first kappa shape index (κ1) is 19.5. The lowest BCUT2D eigenvalue weighted by atomic mass is 10.0. The van der Waals surface area contributed by atoms with Crippen LogP contribution >= 0.6 is 12.4 Å². The Labute approximate surface area is 143 Å². The average molecular weight is 340 g/mol. The van der Waals surface area contributed by atoms with Crippen LogP contribution < -0.4 is 16.4 Å². The summed E-state index contributed by atoms with van der Waals surface area (Å²) >= 11 is 0. The third-order valence-electron chi connectivity index (χ3n) is 3.99. The summed E-state index contributed by atoms with van der Waals surface area (Å²) in [6.07, 6.45) is 5.04. The van der Waals surface area contributed by atoms with Crippen LogP contribution in [-0.4, -0.2) is 18.4 Å². The second kappa shape index (κ2) is 9.53. The summed E-state index contributed by atoms with van der Waals surface area (Å²) in [7, 11) is 0. The van der Waals surface area contributed by atoms with Gasteiger partial charge in [0.1, 0.15) is 0 Å². The first-order valence-electron chi connectivity index (χ1n) is 8.02. The van der Waals surface area contributed by atoms with Gasteiger partial charge in [-0.1, -0.05) is 25.0 Å². The molecule has 5 nitrogen and oxygen atoms in total. The molecule has 1 aromatic rings. The van der Waals surface area contributed by atoms with Gasteiger partial charge in [-0.15, -0.1) is 12.4 Å². The van der Waals surface area contributed by atoms with Crippen molar-refractivity contribution in [3.63, 3.8) is 0 Å². The van der Waals surface area contributed by atoms with Gasteiger partial charge in [0.25, 0.3) is 0 Å². The summed E-state index contributed by atoms with van der Waals surface area (Å²) in [4.78, 5) is 23.3. The second-order valence-corrected chi connectivity index (χ2v) is 5.88. The Balaban J connectivity index is 0.00000264. The van der Waals surface area contributed by atoms with Gasteiger partial charge in [0.2, 0.25) is 11.8 Å². The molecule has 0 aromatic heterocycles. The molecule has 1 unspecified atom stereocenters. The van der Waals surface area contributed by atoms with Gasteiger partial charge in [-0.25, -0.2) is 0 Å². The number of hydrogen-bond donors (Lipinski definition) is 3. The number of anilines is 1. The number of nitrogens with one attached hydrogen (secondary N) is 2. The van der Waals surface area contributed by atoms with E-state index < -0.39 is 0 Å². The Hall–Kier alpha value is -1.59. The summed E-state index contributed by atoms with van der Waals surface area (Å²) in [6.45, 7) is 2.69. The molecule has 0 spiro atoms. The van der Waals surface area contributed by atoms with E-state index in [1.807, 2.05) is 25.1 Å². The fraction of sp³-hybridized carbons (Fsp3) is 0.529. The van der Waals surface area contributed by atoms with E-state index in [4.69, 9.17) is 5.73 Å². The standard InChI is InChI=1S/C17H25N3O2.ClH/c1-12(19-16(21)6-4-2-3-5-9-18)13-7-8-15-14(10-13)11-17(22)20-15;/h7-8,10,12H,2-6,9,11,18H2,1H3,(H,19,21)(H,20,22);1H. The lowest BCUT2D eigenvalue weighted by molar-refractivity contribution is -0.122. The number of rotatable bonds is 8. The number of benzene rings is 1. The van der Waals surface area contributed by atoms with Crippen LogP contribution in [0.2, 0.25) is 0 Å². The predicted octanol–water partition coefficient (Wildman–Crippen LogP) is 2.69. The fourth-order valence-electron chi connectivity index (χ4n) is 2.70. The van der Waals surface area contributed by atoms with Gasteiger partial charge in [-0.2, -0.15) is 0 Å². The minimum Gasteiger partial charge on any atom is -0.350 e. The monoisotopic (exact) mass is 339 g/mol. The lowest BCUT2D eigenvalue weighted by Crippen LogP contribution is -2.26. The summed E-state index contributed by atoms with van der Waals surface area (Å²) in [6, 6.07) is 5.82.